The van der Waals surface area contributed by atoms with Gasteiger partial charge in [0.15, 0.2) is 0 Å². The average Bonchev–Trinajstić information content (AvgIpc) is 2.39. The van der Waals surface area contributed by atoms with Crippen LogP contribution in [0.4, 0.5) is 5.95 Å². The van der Waals surface area contributed by atoms with Gasteiger partial charge in [0.05, 0.1) is 23.5 Å². The van der Waals surface area contributed by atoms with Crippen molar-refractivity contribution in [1.82, 2.24) is 9.97 Å². The van der Waals surface area contributed by atoms with Gasteiger partial charge in [-0.1, -0.05) is 11.6 Å². The molecule has 2 rings (SSSR count). The number of nitrogens with two attached hydrogens (primary N) is 1. The van der Waals surface area contributed by atoms with Crippen molar-refractivity contribution in [2.45, 2.75) is 25.0 Å². The number of halogens is 1. The Kier molecular flexibility index (Phi) is 4.15. The quantitative estimate of drug-likeness (QED) is 0.877. The second-order valence-electron chi connectivity index (χ2n) is 4.17. The van der Waals surface area contributed by atoms with Gasteiger partial charge in [-0.15, -0.1) is 0 Å². The van der Waals surface area contributed by atoms with E-state index in [0.29, 0.717) is 17.5 Å². The van der Waals surface area contributed by atoms with Crippen LogP contribution in [0, 0.1) is 0 Å². The number of rotatable bonds is 3. The molecule has 2 unspecified atom stereocenters. The summed E-state index contributed by atoms with van der Waals surface area (Å²) in [4.78, 5) is 10.6. The van der Waals surface area contributed by atoms with Crippen LogP contribution in [0.1, 0.15) is 12.8 Å². The highest BCUT2D eigenvalue weighted by atomic mass is 35.5. The van der Waals surface area contributed by atoms with Crippen LogP contribution < -0.4 is 10.6 Å². The molecule has 0 aliphatic carbocycles. The van der Waals surface area contributed by atoms with E-state index in [-0.39, 0.29) is 12.1 Å². The molecule has 1 aliphatic rings. The standard InChI is InChI=1S/C11H17ClN4O/c1-17-10-2-3-16(9(4-10)5-13)11-14-6-8(12)7-15-11/h6-7,9-10H,2-5,13H2,1H3. The first-order valence-electron chi connectivity index (χ1n) is 5.71. The molecular formula is C11H17ClN4O. The summed E-state index contributed by atoms with van der Waals surface area (Å²) in [6, 6.07) is 0.231. The largest absolute Gasteiger partial charge is 0.381 e. The predicted molar refractivity (Wildman–Crippen MR) is 67.3 cm³/mol. The van der Waals surface area contributed by atoms with Gasteiger partial charge in [-0.2, -0.15) is 0 Å². The summed E-state index contributed by atoms with van der Waals surface area (Å²) >= 11 is 5.78. The smallest absolute Gasteiger partial charge is 0.225 e. The van der Waals surface area contributed by atoms with Crippen LogP contribution in [0.25, 0.3) is 0 Å². The molecule has 17 heavy (non-hydrogen) atoms. The van der Waals surface area contributed by atoms with E-state index in [2.05, 4.69) is 14.9 Å². The van der Waals surface area contributed by atoms with Gasteiger partial charge in [0.2, 0.25) is 5.95 Å². The Morgan fingerprint density at radius 1 is 1.53 bits per heavy atom. The lowest BCUT2D eigenvalue weighted by atomic mass is 10.00. The fourth-order valence-corrected chi connectivity index (χ4v) is 2.27. The Morgan fingerprint density at radius 2 is 2.24 bits per heavy atom. The molecular weight excluding hydrogens is 240 g/mol. The summed E-state index contributed by atoms with van der Waals surface area (Å²) in [5.41, 5.74) is 5.80. The fraction of sp³-hybridized carbons (Fsp3) is 0.636. The van der Waals surface area contributed by atoms with Crippen molar-refractivity contribution in [3.8, 4) is 0 Å². The molecule has 1 aromatic rings. The van der Waals surface area contributed by atoms with E-state index in [0.717, 1.165) is 19.4 Å². The monoisotopic (exact) mass is 256 g/mol. The zero-order chi connectivity index (χ0) is 12.3. The molecule has 6 heteroatoms. The van der Waals surface area contributed by atoms with Crippen molar-refractivity contribution in [3.05, 3.63) is 17.4 Å². The van der Waals surface area contributed by atoms with E-state index >= 15 is 0 Å². The molecule has 2 N–H and O–H groups in total. The average molecular weight is 257 g/mol. The van der Waals surface area contributed by atoms with E-state index in [1.54, 1.807) is 19.5 Å². The van der Waals surface area contributed by atoms with Crippen LogP contribution in [0.5, 0.6) is 0 Å². The van der Waals surface area contributed by atoms with Crippen LogP contribution in [-0.4, -0.2) is 42.3 Å². The lowest BCUT2D eigenvalue weighted by Gasteiger charge is -2.38. The molecule has 1 fully saturated rings. The van der Waals surface area contributed by atoms with Crippen LogP contribution in [0.3, 0.4) is 0 Å². The van der Waals surface area contributed by atoms with Crippen molar-refractivity contribution < 1.29 is 4.74 Å². The summed E-state index contributed by atoms with van der Waals surface area (Å²) < 4.78 is 5.38. The normalized spacial score (nSPS) is 25.0. The van der Waals surface area contributed by atoms with E-state index in [9.17, 15) is 0 Å². The summed E-state index contributed by atoms with van der Waals surface area (Å²) in [5, 5.41) is 0.546. The Bertz CT molecular complexity index is 359. The van der Waals surface area contributed by atoms with Crippen molar-refractivity contribution in [2.24, 2.45) is 5.73 Å². The van der Waals surface area contributed by atoms with Gasteiger partial charge in [0, 0.05) is 26.2 Å². The number of anilines is 1. The maximum atomic E-state index is 5.80. The maximum Gasteiger partial charge on any atom is 0.225 e. The molecule has 1 aromatic heterocycles. The minimum absolute atomic E-state index is 0.231. The molecule has 2 atom stereocenters. The Balaban J connectivity index is 2.12. The molecule has 5 nitrogen and oxygen atoms in total. The molecule has 0 bridgehead atoms. The maximum absolute atomic E-state index is 5.80. The number of piperidine rings is 1. The van der Waals surface area contributed by atoms with Gasteiger partial charge in [-0.05, 0) is 12.8 Å². The Labute approximate surface area is 106 Å². The van der Waals surface area contributed by atoms with E-state index in [1.165, 1.54) is 0 Å². The van der Waals surface area contributed by atoms with Gasteiger partial charge in [-0.3, -0.25) is 0 Å². The zero-order valence-corrected chi connectivity index (χ0v) is 10.6. The zero-order valence-electron chi connectivity index (χ0n) is 9.84. The van der Waals surface area contributed by atoms with E-state index < -0.39 is 0 Å². The highest BCUT2D eigenvalue weighted by Crippen LogP contribution is 2.23. The number of hydrogen-bond acceptors (Lipinski definition) is 5. The molecule has 94 valence electrons. The van der Waals surface area contributed by atoms with E-state index in [1.807, 2.05) is 0 Å². The summed E-state index contributed by atoms with van der Waals surface area (Å²) in [6.45, 7) is 1.44. The van der Waals surface area contributed by atoms with Crippen molar-refractivity contribution in [2.75, 3.05) is 25.1 Å². The Hall–Kier alpha value is -0.910. The minimum atomic E-state index is 0.231. The Morgan fingerprint density at radius 3 is 2.82 bits per heavy atom. The lowest BCUT2D eigenvalue weighted by Crippen LogP contribution is -2.49. The van der Waals surface area contributed by atoms with Gasteiger partial charge >= 0.3 is 0 Å². The highest BCUT2D eigenvalue weighted by molar-refractivity contribution is 6.30. The molecule has 0 spiro atoms. The molecule has 1 saturated heterocycles. The molecule has 2 heterocycles. The summed E-state index contributed by atoms with van der Waals surface area (Å²) in [7, 11) is 1.74. The van der Waals surface area contributed by atoms with Crippen molar-refractivity contribution in [1.29, 1.82) is 0 Å². The van der Waals surface area contributed by atoms with Crippen LogP contribution in [-0.2, 0) is 4.74 Å². The first kappa shape index (κ1) is 12.5. The minimum Gasteiger partial charge on any atom is -0.381 e. The molecule has 0 radical (unpaired) electrons. The topological polar surface area (TPSA) is 64.3 Å². The van der Waals surface area contributed by atoms with Gasteiger partial charge < -0.3 is 15.4 Å². The third-order valence-electron chi connectivity index (χ3n) is 3.14. The first-order chi connectivity index (χ1) is 8.24. The number of methoxy groups -OCH3 is 1. The molecule has 0 aromatic carbocycles. The van der Waals surface area contributed by atoms with Crippen LogP contribution >= 0.6 is 11.6 Å². The van der Waals surface area contributed by atoms with Crippen molar-refractivity contribution >= 4 is 17.5 Å². The summed E-state index contributed by atoms with van der Waals surface area (Å²) in [6.07, 6.45) is 5.39. The lowest BCUT2D eigenvalue weighted by molar-refractivity contribution is 0.0706. The second-order valence-corrected chi connectivity index (χ2v) is 4.60. The van der Waals surface area contributed by atoms with Crippen molar-refractivity contribution in [3.63, 3.8) is 0 Å². The fourth-order valence-electron chi connectivity index (χ4n) is 2.17. The third-order valence-corrected chi connectivity index (χ3v) is 3.33. The molecule has 0 amide bonds. The summed E-state index contributed by atoms with van der Waals surface area (Å²) in [5.74, 6) is 0.694. The van der Waals surface area contributed by atoms with E-state index in [4.69, 9.17) is 22.1 Å². The van der Waals surface area contributed by atoms with Crippen LogP contribution in [0.2, 0.25) is 5.02 Å². The highest BCUT2D eigenvalue weighted by Gasteiger charge is 2.28. The number of nitrogens with zero attached hydrogens (tertiary/aromatic N) is 3. The number of hydrogen-bond donors (Lipinski definition) is 1. The molecule has 1 aliphatic heterocycles. The second kappa shape index (κ2) is 5.62. The molecule has 0 saturated carbocycles. The number of aromatic nitrogens is 2. The first-order valence-corrected chi connectivity index (χ1v) is 6.09. The van der Waals surface area contributed by atoms with Crippen LogP contribution in [0.15, 0.2) is 12.4 Å². The number of ether oxygens (including phenoxy) is 1. The third kappa shape index (κ3) is 2.86. The SMILES string of the molecule is COC1CCN(c2ncc(Cl)cn2)C(CN)C1. The van der Waals surface area contributed by atoms with Gasteiger partial charge in [0.25, 0.3) is 0 Å². The van der Waals surface area contributed by atoms with Gasteiger partial charge in [-0.25, -0.2) is 9.97 Å². The predicted octanol–water partition coefficient (Wildman–Crippen LogP) is 1.07. The van der Waals surface area contributed by atoms with Gasteiger partial charge in [0.1, 0.15) is 0 Å².